The molecule has 2 rings (SSSR count). The van der Waals surface area contributed by atoms with Gasteiger partial charge in [-0.2, -0.15) is 11.8 Å². The number of hydrogen-bond donors (Lipinski definition) is 1. The third-order valence-electron chi connectivity index (χ3n) is 4.74. The second kappa shape index (κ2) is 5.28. The number of piperidine rings is 1. The summed E-state index contributed by atoms with van der Waals surface area (Å²) in [6.45, 7) is 8.12. The molecular weight excluding hydrogens is 216 g/mol. The lowest BCUT2D eigenvalue weighted by Crippen LogP contribution is -2.60. The van der Waals surface area contributed by atoms with Crippen LogP contribution < -0.4 is 5.73 Å². The van der Waals surface area contributed by atoms with Crippen molar-refractivity contribution in [1.29, 1.82) is 0 Å². The van der Waals surface area contributed by atoms with Gasteiger partial charge in [0.05, 0.1) is 0 Å². The van der Waals surface area contributed by atoms with E-state index in [0.29, 0.717) is 10.8 Å². The van der Waals surface area contributed by atoms with Crippen molar-refractivity contribution in [2.45, 2.75) is 50.3 Å². The zero-order valence-electron chi connectivity index (χ0n) is 10.7. The Balaban J connectivity index is 2.08. The van der Waals surface area contributed by atoms with Crippen molar-refractivity contribution in [3.05, 3.63) is 0 Å². The maximum Gasteiger partial charge on any atom is 0.0455 e. The molecule has 3 unspecified atom stereocenters. The van der Waals surface area contributed by atoms with Gasteiger partial charge < -0.3 is 5.73 Å². The molecule has 3 heteroatoms. The zero-order valence-corrected chi connectivity index (χ0v) is 11.6. The predicted octanol–water partition coefficient (Wildman–Crippen LogP) is 2.33. The average Bonchev–Trinajstić information content (AvgIpc) is 2.71. The van der Waals surface area contributed by atoms with Crippen LogP contribution in [0.4, 0.5) is 0 Å². The molecule has 0 amide bonds. The maximum atomic E-state index is 6.12. The van der Waals surface area contributed by atoms with Crippen LogP contribution in [0.1, 0.15) is 39.5 Å². The molecule has 0 saturated carbocycles. The molecule has 0 spiro atoms. The number of hydrogen-bond acceptors (Lipinski definition) is 3. The Morgan fingerprint density at radius 3 is 2.88 bits per heavy atom. The van der Waals surface area contributed by atoms with E-state index in [2.05, 4.69) is 30.5 Å². The van der Waals surface area contributed by atoms with Gasteiger partial charge in [-0.25, -0.2) is 0 Å². The molecule has 94 valence electrons. The summed E-state index contributed by atoms with van der Waals surface area (Å²) in [5.74, 6) is 2.21. The van der Waals surface area contributed by atoms with Gasteiger partial charge >= 0.3 is 0 Å². The first-order chi connectivity index (χ1) is 7.73. The van der Waals surface area contributed by atoms with E-state index in [4.69, 9.17) is 5.73 Å². The van der Waals surface area contributed by atoms with E-state index in [9.17, 15) is 0 Å². The third-order valence-corrected chi connectivity index (χ3v) is 6.12. The van der Waals surface area contributed by atoms with Crippen LogP contribution in [0.25, 0.3) is 0 Å². The third kappa shape index (κ3) is 2.14. The molecule has 0 bridgehead atoms. The van der Waals surface area contributed by atoms with Gasteiger partial charge in [-0.3, -0.25) is 4.90 Å². The minimum absolute atomic E-state index is 0.318. The Bertz CT molecular complexity index is 234. The van der Waals surface area contributed by atoms with Crippen molar-refractivity contribution in [3.8, 4) is 0 Å². The lowest BCUT2D eigenvalue weighted by atomic mass is 9.85. The fourth-order valence-electron chi connectivity index (χ4n) is 3.39. The van der Waals surface area contributed by atoms with Crippen LogP contribution in [0, 0.1) is 5.92 Å². The number of thioether (sulfide) groups is 1. The highest BCUT2D eigenvalue weighted by atomic mass is 32.2. The zero-order chi connectivity index (χ0) is 11.6. The number of rotatable bonds is 3. The highest BCUT2D eigenvalue weighted by Crippen LogP contribution is 2.41. The van der Waals surface area contributed by atoms with E-state index in [1.165, 1.54) is 44.5 Å². The standard InChI is InChI=1S/C13H26N2S/c1-3-12-5-4-7-15(9-12)13(10-14)6-8-16-11(13)2/h11-12H,3-10,14H2,1-2H3. The minimum atomic E-state index is 0.318. The Morgan fingerprint density at radius 2 is 2.31 bits per heavy atom. The second-order valence-electron chi connectivity index (χ2n) is 5.43. The normalized spacial score (nSPS) is 41.4. The monoisotopic (exact) mass is 242 g/mol. The molecule has 2 nitrogen and oxygen atoms in total. The molecule has 0 aliphatic carbocycles. The lowest BCUT2D eigenvalue weighted by molar-refractivity contribution is 0.0493. The van der Waals surface area contributed by atoms with Gasteiger partial charge in [0.2, 0.25) is 0 Å². The molecule has 2 N–H and O–H groups in total. The van der Waals surface area contributed by atoms with Crippen LogP contribution in [-0.2, 0) is 0 Å². The van der Waals surface area contributed by atoms with Crippen molar-refractivity contribution in [3.63, 3.8) is 0 Å². The molecule has 0 aromatic carbocycles. The highest BCUT2D eigenvalue weighted by molar-refractivity contribution is 8.00. The highest BCUT2D eigenvalue weighted by Gasteiger charge is 2.45. The summed E-state index contributed by atoms with van der Waals surface area (Å²) < 4.78 is 0. The van der Waals surface area contributed by atoms with Crippen molar-refractivity contribution in [2.75, 3.05) is 25.4 Å². The Morgan fingerprint density at radius 1 is 1.50 bits per heavy atom. The van der Waals surface area contributed by atoms with Crippen LogP contribution in [0.15, 0.2) is 0 Å². The van der Waals surface area contributed by atoms with Gasteiger partial charge in [-0.1, -0.05) is 20.3 Å². The van der Waals surface area contributed by atoms with Crippen LogP contribution in [0.3, 0.4) is 0 Å². The van der Waals surface area contributed by atoms with E-state index in [1.54, 1.807) is 0 Å². The summed E-state index contributed by atoms with van der Waals surface area (Å²) in [5, 5.41) is 0.716. The van der Waals surface area contributed by atoms with Crippen LogP contribution in [0.5, 0.6) is 0 Å². The average molecular weight is 242 g/mol. The largest absolute Gasteiger partial charge is 0.329 e. The molecule has 0 aromatic rings. The Hall–Kier alpha value is 0.270. The van der Waals surface area contributed by atoms with Gasteiger partial charge in [-0.15, -0.1) is 0 Å². The van der Waals surface area contributed by atoms with E-state index in [1.807, 2.05) is 0 Å². The SMILES string of the molecule is CCC1CCCN(C2(CN)CCSC2C)C1. The molecule has 0 aromatic heterocycles. The molecular formula is C13H26N2S. The van der Waals surface area contributed by atoms with Gasteiger partial charge in [-0.05, 0) is 37.5 Å². The summed E-state index contributed by atoms with van der Waals surface area (Å²) in [5.41, 5.74) is 6.44. The summed E-state index contributed by atoms with van der Waals surface area (Å²) in [6, 6.07) is 0. The molecule has 2 aliphatic heterocycles. The van der Waals surface area contributed by atoms with Crippen molar-refractivity contribution >= 4 is 11.8 Å². The van der Waals surface area contributed by atoms with Gasteiger partial charge in [0, 0.05) is 23.9 Å². The number of nitrogens with two attached hydrogens (primary N) is 1. The number of likely N-dealkylation sites (tertiary alicyclic amines) is 1. The molecule has 2 saturated heterocycles. The van der Waals surface area contributed by atoms with Crippen LogP contribution in [0.2, 0.25) is 0 Å². The van der Waals surface area contributed by atoms with Crippen LogP contribution in [-0.4, -0.2) is 41.1 Å². The number of nitrogens with zero attached hydrogens (tertiary/aromatic N) is 1. The van der Waals surface area contributed by atoms with E-state index in [0.717, 1.165) is 12.5 Å². The molecule has 2 fully saturated rings. The van der Waals surface area contributed by atoms with Crippen molar-refractivity contribution < 1.29 is 0 Å². The van der Waals surface area contributed by atoms with Crippen molar-refractivity contribution in [2.24, 2.45) is 11.7 Å². The quantitative estimate of drug-likeness (QED) is 0.823. The fourth-order valence-corrected chi connectivity index (χ4v) is 4.88. The molecule has 3 atom stereocenters. The minimum Gasteiger partial charge on any atom is -0.329 e. The molecule has 2 heterocycles. The molecule has 0 radical (unpaired) electrons. The van der Waals surface area contributed by atoms with Gasteiger partial charge in [0.25, 0.3) is 0 Å². The summed E-state index contributed by atoms with van der Waals surface area (Å²) in [7, 11) is 0. The van der Waals surface area contributed by atoms with E-state index < -0.39 is 0 Å². The van der Waals surface area contributed by atoms with Crippen molar-refractivity contribution in [1.82, 2.24) is 4.90 Å². The summed E-state index contributed by atoms with van der Waals surface area (Å²) in [6.07, 6.45) is 5.43. The van der Waals surface area contributed by atoms with Gasteiger partial charge in [0.15, 0.2) is 0 Å². The van der Waals surface area contributed by atoms with Gasteiger partial charge in [0.1, 0.15) is 0 Å². The Labute approximate surface area is 104 Å². The van der Waals surface area contributed by atoms with E-state index >= 15 is 0 Å². The van der Waals surface area contributed by atoms with E-state index in [-0.39, 0.29) is 0 Å². The lowest BCUT2D eigenvalue weighted by Gasteiger charge is -2.47. The van der Waals surface area contributed by atoms with Crippen LogP contribution >= 0.6 is 11.8 Å². The summed E-state index contributed by atoms with van der Waals surface area (Å²) in [4.78, 5) is 2.73. The predicted molar refractivity (Wildman–Crippen MR) is 72.9 cm³/mol. The Kier molecular flexibility index (Phi) is 4.20. The maximum absolute atomic E-state index is 6.12. The molecule has 16 heavy (non-hydrogen) atoms. The first-order valence-corrected chi connectivity index (χ1v) is 7.84. The summed E-state index contributed by atoms with van der Waals surface area (Å²) >= 11 is 2.11. The second-order valence-corrected chi connectivity index (χ2v) is 6.88. The fraction of sp³-hybridized carbons (Fsp3) is 1.00. The molecule has 2 aliphatic rings. The first-order valence-electron chi connectivity index (χ1n) is 6.79. The topological polar surface area (TPSA) is 29.3 Å². The smallest absolute Gasteiger partial charge is 0.0455 e. The first kappa shape index (κ1) is 12.7.